The van der Waals surface area contributed by atoms with E-state index in [1.807, 2.05) is 0 Å². The Hall–Kier alpha value is -2.28. The molecule has 3 N–H and O–H groups in total. The van der Waals surface area contributed by atoms with E-state index in [1.165, 1.54) is 12.1 Å². The van der Waals surface area contributed by atoms with E-state index < -0.39 is 5.97 Å². The summed E-state index contributed by atoms with van der Waals surface area (Å²) in [4.78, 5) is 27.2. The Morgan fingerprint density at radius 1 is 1.24 bits per heavy atom. The number of benzene rings is 1. The number of urea groups is 1. The molecular weight excluding hydrogens is 274 g/mol. The molecule has 2 amide bonds. The number of amides is 2. The Bertz CT molecular complexity index is 539. The van der Waals surface area contributed by atoms with E-state index in [9.17, 15) is 14.7 Å². The summed E-state index contributed by atoms with van der Waals surface area (Å²) >= 11 is 0. The van der Waals surface area contributed by atoms with Gasteiger partial charge in [0.15, 0.2) is 0 Å². The SMILES string of the molecule is CCN1CCN(C(=O)Nc2ccc(O)cc2C(=O)O)CC1. The van der Waals surface area contributed by atoms with Crippen molar-refractivity contribution in [1.82, 2.24) is 9.80 Å². The molecule has 114 valence electrons. The van der Waals surface area contributed by atoms with Crippen LogP contribution < -0.4 is 5.32 Å². The topological polar surface area (TPSA) is 93.1 Å². The summed E-state index contributed by atoms with van der Waals surface area (Å²) in [6.07, 6.45) is 0. The fourth-order valence-electron chi connectivity index (χ4n) is 2.28. The third kappa shape index (κ3) is 3.63. The predicted octanol–water partition coefficient (Wildman–Crippen LogP) is 1.26. The molecule has 1 aromatic carbocycles. The van der Waals surface area contributed by atoms with Gasteiger partial charge in [-0.25, -0.2) is 9.59 Å². The molecule has 0 aromatic heterocycles. The lowest BCUT2D eigenvalue weighted by molar-refractivity contribution is 0.0697. The average Bonchev–Trinajstić information content (AvgIpc) is 2.49. The van der Waals surface area contributed by atoms with Gasteiger partial charge in [0.25, 0.3) is 0 Å². The average molecular weight is 293 g/mol. The van der Waals surface area contributed by atoms with Gasteiger partial charge in [-0.1, -0.05) is 6.92 Å². The zero-order chi connectivity index (χ0) is 15.4. The molecule has 7 nitrogen and oxygen atoms in total. The number of likely N-dealkylation sites (N-methyl/N-ethyl adjacent to an activating group) is 1. The number of nitrogens with zero attached hydrogens (tertiary/aromatic N) is 2. The second-order valence-electron chi connectivity index (χ2n) is 4.89. The van der Waals surface area contributed by atoms with Gasteiger partial charge in [-0.05, 0) is 24.7 Å². The number of carboxylic acid groups (broad SMARTS) is 1. The van der Waals surface area contributed by atoms with Crippen LogP contribution in [0.3, 0.4) is 0 Å². The Labute approximate surface area is 122 Å². The number of aromatic carboxylic acids is 1. The number of aromatic hydroxyl groups is 1. The normalized spacial score (nSPS) is 15.8. The summed E-state index contributed by atoms with van der Waals surface area (Å²) in [5, 5.41) is 21.0. The Morgan fingerprint density at radius 2 is 1.90 bits per heavy atom. The van der Waals surface area contributed by atoms with E-state index in [2.05, 4.69) is 17.1 Å². The molecule has 1 saturated heterocycles. The van der Waals surface area contributed by atoms with Gasteiger partial charge < -0.3 is 25.3 Å². The fourth-order valence-corrected chi connectivity index (χ4v) is 2.28. The van der Waals surface area contributed by atoms with Crippen LogP contribution in [0.25, 0.3) is 0 Å². The van der Waals surface area contributed by atoms with Gasteiger partial charge in [-0.2, -0.15) is 0 Å². The first-order valence-corrected chi connectivity index (χ1v) is 6.86. The van der Waals surface area contributed by atoms with E-state index >= 15 is 0 Å². The van der Waals surface area contributed by atoms with Crippen LogP contribution in [-0.4, -0.2) is 64.7 Å². The molecule has 0 spiro atoms. The van der Waals surface area contributed by atoms with E-state index in [1.54, 1.807) is 4.90 Å². The third-order valence-corrected chi connectivity index (χ3v) is 3.58. The fraction of sp³-hybridized carbons (Fsp3) is 0.429. The van der Waals surface area contributed by atoms with Crippen LogP contribution >= 0.6 is 0 Å². The number of anilines is 1. The van der Waals surface area contributed by atoms with Crippen molar-refractivity contribution in [3.63, 3.8) is 0 Å². The molecule has 0 atom stereocenters. The van der Waals surface area contributed by atoms with Crippen molar-refractivity contribution >= 4 is 17.7 Å². The molecule has 2 rings (SSSR count). The van der Waals surface area contributed by atoms with Gasteiger partial charge in [-0.3, -0.25) is 0 Å². The molecule has 0 saturated carbocycles. The second-order valence-corrected chi connectivity index (χ2v) is 4.89. The molecular formula is C14H19N3O4. The monoisotopic (exact) mass is 293 g/mol. The largest absolute Gasteiger partial charge is 0.508 e. The van der Waals surface area contributed by atoms with Gasteiger partial charge >= 0.3 is 12.0 Å². The highest BCUT2D eigenvalue weighted by Crippen LogP contribution is 2.21. The van der Waals surface area contributed by atoms with Crippen LogP contribution in [0.5, 0.6) is 5.75 Å². The van der Waals surface area contributed by atoms with Crippen LogP contribution in [0.1, 0.15) is 17.3 Å². The first-order chi connectivity index (χ1) is 10.0. The van der Waals surface area contributed by atoms with Gasteiger partial charge in [0, 0.05) is 26.2 Å². The van der Waals surface area contributed by atoms with Crippen molar-refractivity contribution in [2.24, 2.45) is 0 Å². The van der Waals surface area contributed by atoms with Crippen molar-refractivity contribution < 1.29 is 19.8 Å². The molecule has 1 heterocycles. The highest BCUT2D eigenvalue weighted by Gasteiger charge is 2.21. The lowest BCUT2D eigenvalue weighted by Gasteiger charge is -2.34. The Balaban J connectivity index is 2.05. The molecule has 7 heteroatoms. The lowest BCUT2D eigenvalue weighted by Crippen LogP contribution is -2.49. The van der Waals surface area contributed by atoms with Gasteiger partial charge in [0.1, 0.15) is 5.75 Å². The minimum absolute atomic E-state index is 0.129. The standard InChI is InChI=1S/C14H19N3O4/c1-2-16-5-7-17(8-6-16)14(21)15-12-4-3-10(18)9-11(12)13(19)20/h3-4,9,18H,2,5-8H2,1H3,(H,15,21)(H,19,20). The zero-order valence-corrected chi connectivity index (χ0v) is 11.9. The molecule has 0 bridgehead atoms. The minimum Gasteiger partial charge on any atom is -0.508 e. The molecule has 21 heavy (non-hydrogen) atoms. The maximum atomic E-state index is 12.2. The predicted molar refractivity (Wildman–Crippen MR) is 77.8 cm³/mol. The Morgan fingerprint density at radius 3 is 2.48 bits per heavy atom. The van der Waals surface area contributed by atoms with Gasteiger partial charge in [0.05, 0.1) is 11.3 Å². The number of carbonyl (C=O) groups is 2. The van der Waals surface area contributed by atoms with Crippen LogP contribution in [-0.2, 0) is 0 Å². The summed E-state index contributed by atoms with van der Waals surface area (Å²) in [5.74, 6) is -1.35. The number of hydrogen-bond donors (Lipinski definition) is 3. The number of phenols is 1. The summed E-state index contributed by atoms with van der Waals surface area (Å²) in [7, 11) is 0. The van der Waals surface area contributed by atoms with Crippen molar-refractivity contribution in [2.75, 3.05) is 38.0 Å². The van der Waals surface area contributed by atoms with E-state index in [0.717, 1.165) is 25.7 Å². The summed E-state index contributed by atoms with van der Waals surface area (Å²) in [6, 6.07) is 3.53. The highest BCUT2D eigenvalue weighted by molar-refractivity contribution is 6.00. The van der Waals surface area contributed by atoms with Crippen LogP contribution in [0.2, 0.25) is 0 Å². The molecule has 0 aliphatic carbocycles. The van der Waals surface area contributed by atoms with E-state index in [-0.39, 0.29) is 23.0 Å². The number of rotatable bonds is 3. The highest BCUT2D eigenvalue weighted by atomic mass is 16.4. The number of phenolic OH excluding ortho intramolecular Hbond substituents is 1. The van der Waals surface area contributed by atoms with Crippen molar-refractivity contribution in [3.05, 3.63) is 23.8 Å². The lowest BCUT2D eigenvalue weighted by atomic mass is 10.1. The van der Waals surface area contributed by atoms with E-state index in [4.69, 9.17) is 5.11 Å². The number of piperazine rings is 1. The van der Waals surface area contributed by atoms with Crippen LogP contribution in [0, 0.1) is 0 Å². The molecule has 1 fully saturated rings. The number of carbonyl (C=O) groups excluding carboxylic acids is 1. The van der Waals surface area contributed by atoms with Crippen LogP contribution in [0.15, 0.2) is 18.2 Å². The molecule has 1 aliphatic heterocycles. The quantitative estimate of drug-likeness (QED) is 0.730. The first-order valence-electron chi connectivity index (χ1n) is 6.86. The third-order valence-electron chi connectivity index (χ3n) is 3.58. The number of hydrogen-bond acceptors (Lipinski definition) is 4. The smallest absolute Gasteiger partial charge is 0.337 e. The first kappa shape index (κ1) is 15.1. The number of nitrogens with one attached hydrogen (secondary N) is 1. The number of carboxylic acids is 1. The summed E-state index contributed by atoms with van der Waals surface area (Å²) in [6.45, 7) is 5.87. The second kappa shape index (κ2) is 6.45. The van der Waals surface area contributed by atoms with Crippen molar-refractivity contribution in [2.45, 2.75) is 6.92 Å². The maximum Gasteiger partial charge on any atom is 0.337 e. The summed E-state index contributed by atoms with van der Waals surface area (Å²) < 4.78 is 0. The van der Waals surface area contributed by atoms with Crippen LogP contribution in [0.4, 0.5) is 10.5 Å². The molecule has 1 aromatic rings. The molecule has 0 unspecified atom stereocenters. The molecule has 0 radical (unpaired) electrons. The molecule has 1 aliphatic rings. The summed E-state index contributed by atoms with van der Waals surface area (Å²) in [5.41, 5.74) is 0.0544. The van der Waals surface area contributed by atoms with Crippen molar-refractivity contribution in [3.8, 4) is 5.75 Å². The van der Waals surface area contributed by atoms with Gasteiger partial charge in [-0.15, -0.1) is 0 Å². The Kier molecular flexibility index (Phi) is 4.64. The maximum absolute atomic E-state index is 12.2. The van der Waals surface area contributed by atoms with Crippen molar-refractivity contribution in [1.29, 1.82) is 0 Å². The minimum atomic E-state index is -1.20. The van der Waals surface area contributed by atoms with E-state index in [0.29, 0.717) is 13.1 Å². The van der Waals surface area contributed by atoms with Gasteiger partial charge in [0.2, 0.25) is 0 Å². The zero-order valence-electron chi connectivity index (χ0n) is 11.9.